The number of hydrogen-bond acceptors (Lipinski definition) is 2. The molecule has 0 aromatic heterocycles. The fourth-order valence-corrected chi connectivity index (χ4v) is 8.64. The van der Waals surface area contributed by atoms with E-state index in [0.29, 0.717) is 11.6 Å². The molecule has 6 aromatic rings. The Hall–Kier alpha value is -6.77. The fourth-order valence-electron chi connectivity index (χ4n) is 8.64. The fraction of sp³-hybridized carbons (Fsp3) is 0.140. The van der Waals surface area contributed by atoms with Gasteiger partial charge in [-0.25, -0.2) is 4.99 Å². The van der Waals surface area contributed by atoms with E-state index < -0.39 is 0 Å². The maximum Gasteiger partial charge on any atom is 0.130 e. The van der Waals surface area contributed by atoms with E-state index in [1.807, 2.05) is 56.4 Å². The van der Waals surface area contributed by atoms with Crippen LogP contribution < -0.4 is 4.74 Å². The Morgan fingerprint density at radius 2 is 1.39 bits per heavy atom. The van der Waals surface area contributed by atoms with Crippen LogP contribution >= 0.6 is 0 Å². The molecule has 2 atom stereocenters. The van der Waals surface area contributed by atoms with Gasteiger partial charge in [-0.2, -0.15) is 0 Å². The molecule has 2 unspecified atom stereocenters. The molecule has 0 N–H and O–H groups in total. The molecule has 2 aliphatic rings. The highest BCUT2D eigenvalue weighted by Crippen LogP contribution is 2.56. The number of hydrogen-bond donors (Lipinski definition) is 0. The quantitative estimate of drug-likeness (QED) is 0.0731. The van der Waals surface area contributed by atoms with Crippen molar-refractivity contribution in [1.29, 1.82) is 0 Å². The van der Waals surface area contributed by atoms with Gasteiger partial charge in [0.15, 0.2) is 0 Å². The lowest BCUT2D eigenvalue weighted by Crippen LogP contribution is -2.24. The first-order chi connectivity index (χ1) is 28.8. The number of ether oxygens (including phenoxy) is 1. The summed E-state index contributed by atoms with van der Waals surface area (Å²) in [7, 11) is 0. The van der Waals surface area contributed by atoms with E-state index in [0.717, 1.165) is 51.5 Å². The Balaban J connectivity index is 1.11. The van der Waals surface area contributed by atoms with E-state index in [1.165, 1.54) is 44.5 Å². The minimum absolute atomic E-state index is 0.328. The lowest BCUT2D eigenvalue weighted by atomic mass is 9.71. The van der Waals surface area contributed by atoms with Crippen molar-refractivity contribution in [1.82, 2.24) is 0 Å². The van der Waals surface area contributed by atoms with E-state index >= 15 is 0 Å². The van der Waals surface area contributed by atoms with Gasteiger partial charge in [-0.3, -0.25) is 0 Å². The van der Waals surface area contributed by atoms with Crippen molar-refractivity contribution < 1.29 is 4.74 Å². The molecular formula is C57H51NO. The summed E-state index contributed by atoms with van der Waals surface area (Å²) < 4.78 is 6.62. The molecule has 0 aliphatic heterocycles. The lowest BCUT2D eigenvalue weighted by molar-refractivity contribution is 0.436. The Morgan fingerprint density at radius 3 is 2.10 bits per heavy atom. The second-order valence-corrected chi connectivity index (χ2v) is 15.8. The predicted octanol–water partition coefficient (Wildman–Crippen LogP) is 14.8. The van der Waals surface area contributed by atoms with Crippen LogP contribution in [0.4, 0.5) is 0 Å². The molecule has 0 heterocycles. The normalized spacial score (nSPS) is 17.7. The first kappa shape index (κ1) is 39.1. The second-order valence-electron chi connectivity index (χ2n) is 15.8. The van der Waals surface area contributed by atoms with Crippen molar-refractivity contribution in [2.24, 2.45) is 10.9 Å². The maximum absolute atomic E-state index is 6.62. The third-order valence-corrected chi connectivity index (χ3v) is 11.7. The highest BCUT2D eigenvalue weighted by molar-refractivity contribution is 6.14. The average Bonchev–Trinajstić information content (AvgIpc) is 3.54. The van der Waals surface area contributed by atoms with E-state index in [2.05, 4.69) is 173 Å². The van der Waals surface area contributed by atoms with Crippen LogP contribution in [0.25, 0.3) is 27.8 Å². The molecule has 0 spiro atoms. The molecule has 2 nitrogen and oxygen atoms in total. The third kappa shape index (κ3) is 7.79. The van der Waals surface area contributed by atoms with Crippen LogP contribution in [-0.2, 0) is 5.41 Å². The molecule has 0 saturated carbocycles. The monoisotopic (exact) mass is 765 g/mol. The third-order valence-electron chi connectivity index (χ3n) is 11.7. The standard InChI is InChI=1S/C57H51NO/c1-7-8-29-54(41(4)38-42(5)58-56(45-20-10-9-11-21-45)47-22-13-12-19-40(47)3)59-46-36-34-44(35-37-46)49-25-18-28-53-55(49)50-24-15-17-27-52(50)57(53,6)51-26-16-14-23-48(51)43-32-30-39(2)31-33-43/h7-30,32-39H,5,31H2,1-4,6H3/b8-7-,41-38?,54-29+,58-56?. The molecule has 2 heteroatoms. The van der Waals surface area contributed by atoms with E-state index in [1.54, 1.807) is 0 Å². The predicted molar refractivity (Wildman–Crippen MR) is 250 cm³/mol. The number of aliphatic imine (C=N–C) groups is 1. The van der Waals surface area contributed by atoms with Crippen LogP contribution in [0.3, 0.4) is 0 Å². The largest absolute Gasteiger partial charge is 0.457 e. The maximum atomic E-state index is 6.62. The summed E-state index contributed by atoms with van der Waals surface area (Å²) in [5.74, 6) is 2.05. The molecule has 0 fully saturated rings. The number of aryl methyl sites for hydroxylation is 1. The summed E-state index contributed by atoms with van der Waals surface area (Å²) in [5.41, 5.74) is 17.0. The molecule has 0 saturated heterocycles. The highest BCUT2D eigenvalue weighted by atomic mass is 16.5. The van der Waals surface area contributed by atoms with E-state index in [-0.39, 0.29) is 5.41 Å². The Kier molecular flexibility index (Phi) is 11.2. The van der Waals surface area contributed by atoms with Gasteiger partial charge >= 0.3 is 0 Å². The van der Waals surface area contributed by atoms with Crippen molar-refractivity contribution in [2.45, 2.75) is 46.5 Å². The van der Waals surface area contributed by atoms with Gasteiger partial charge in [0, 0.05) is 16.5 Å². The first-order valence-electron chi connectivity index (χ1n) is 20.7. The zero-order valence-corrected chi connectivity index (χ0v) is 34.7. The van der Waals surface area contributed by atoms with Gasteiger partial charge in [-0.15, -0.1) is 0 Å². The molecule has 2 aliphatic carbocycles. The molecule has 6 aromatic carbocycles. The molecule has 290 valence electrons. The van der Waals surface area contributed by atoms with Gasteiger partial charge in [0.25, 0.3) is 0 Å². The van der Waals surface area contributed by atoms with Gasteiger partial charge in [0.05, 0.1) is 11.4 Å². The SMILES string of the molecule is C=C(C=C(C)/C(=C\C=C/C)Oc1ccc(-c2cccc3c2-c2ccccc2C3(C)c2ccccc2C2=CCC(C)C=C2)cc1)N=C(c1ccccc1)c1ccccc1C. The highest BCUT2D eigenvalue weighted by Gasteiger charge is 2.43. The van der Waals surface area contributed by atoms with E-state index in [4.69, 9.17) is 9.73 Å². The molecule has 0 bridgehead atoms. The topological polar surface area (TPSA) is 21.6 Å². The van der Waals surface area contributed by atoms with Crippen molar-refractivity contribution >= 4 is 11.3 Å². The van der Waals surface area contributed by atoms with Crippen LogP contribution in [0, 0.1) is 12.8 Å². The number of rotatable bonds is 11. The summed E-state index contributed by atoms with van der Waals surface area (Å²) in [6.07, 6.45) is 16.1. The minimum atomic E-state index is -0.328. The lowest BCUT2D eigenvalue weighted by Gasteiger charge is -2.31. The van der Waals surface area contributed by atoms with Crippen molar-refractivity contribution in [3.63, 3.8) is 0 Å². The molecule has 59 heavy (non-hydrogen) atoms. The van der Waals surface area contributed by atoms with Crippen molar-refractivity contribution in [3.05, 3.63) is 251 Å². The first-order valence-corrected chi connectivity index (χ1v) is 20.7. The van der Waals surface area contributed by atoms with Crippen molar-refractivity contribution in [2.75, 3.05) is 0 Å². The summed E-state index contributed by atoms with van der Waals surface area (Å²) in [6.45, 7) is 15.2. The van der Waals surface area contributed by atoms with Gasteiger partial charge in [0.2, 0.25) is 0 Å². The van der Waals surface area contributed by atoms with Crippen LogP contribution in [0.5, 0.6) is 5.75 Å². The van der Waals surface area contributed by atoms with Gasteiger partial charge in [0.1, 0.15) is 11.5 Å². The zero-order valence-electron chi connectivity index (χ0n) is 34.7. The number of fused-ring (bicyclic) bond motifs is 3. The van der Waals surface area contributed by atoms with Crippen LogP contribution in [0.15, 0.2) is 217 Å². The van der Waals surface area contributed by atoms with Gasteiger partial charge in [-0.05, 0) is 126 Å². The minimum Gasteiger partial charge on any atom is -0.457 e. The molecule has 0 amide bonds. The summed E-state index contributed by atoms with van der Waals surface area (Å²) >= 11 is 0. The number of benzene rings is 6. The van der Waals surface area contributed by atoms with E-state index in [9.17, 15) is 0 Å². The van der Waals surface area contributed by atoms with Crippen LogP contribution in [0.2, 0.25) is 0 Å². The summed E-state index contributed by atoms with van der Waals surface area (Å²) in [4.78, 5) is 5.08. The van der Waals surface area contributed by atoms with Gasteiger partial charge < -0.3 is 4.74 Å². The van der Waals surface area contributed by atoms with Gasteiger partial charge in [-0.1, -0.05) is 177 Å². The molecule has 0 radical (unpaired) electrons. The number of nitrogens with zero attached hydrogens (tertiary/aromatic N) is 1. The Bertz CT molecular complexity index is 2720. The second kappa shape index (κ2) is 17.0. The van der Waals surface area contributed by atoms with Crippen LogP contribution in [-0.4, -0.2) is 5.71 Å². The summed E-state index contributed by atoms with van der Waals surface area (Å²) in [5, 5.41) is 0. The summed E-state index contributed by atoms with van der Waals surface area (Å²) in [6, 6.07) is 51.9. The Morgan fingerprint density at radius 1 is 0.746 bits per heavy atom. The molecule has 8 rings (SSSR count). The van der Waals surface area contributed by atoms with Crippen LogP contribution in [0.1, 0.15) is 73.1 Å². The smallest absolute Gasteiger partial charge is 0.130 e. The number of allylic oxidation sites excluding steroid dienone is 9. The Labute approximate surface area is 350 Å². The molecular weight excluding hydrogens is 715 g/mol. The van der Waals surface area contributed by atoms with Crippen molar-refractivity contribution in [3.8, 4) is 28.0 Å². The zero-order chi connectivity index (χ0) is 40.9. The average molecular weight is 766 g/mol.